The zero-order valence-electron chi connectivity index (χ0n) is 15.0. The molecule has 4 bridgehead atoms. The van der Waals surface area contributed by atoms with Crippen molar-refractivity contribution in [2.75, 3.05) is 26.2 Å². The first kappa shape index (κ1) is 19.0. The van der Waals surface area contributed by atoms with Crippen LogP contribution in [0.4, 0.5) is 0 Å². The van der Waals surface area contributed by atoms with Gasteiger partial charge in [-0.25, -0.2) is 0 Å². The van der Waals surface area contributed by atoms with E-state index in [4.69, 9.17) is 5.73 Å². The Labute approximate surface area is 156 Å². The van der Waals surface area contributed by atoms with E-state index in [2.05, 4.69) is 5.32 Å². The standard InChI is InChI=1S/C19H31N3O2.ClH/c20-3-4-21-17(23)16-2-1-5-22(12-16)18(24)19-9-13-6-14(10-19)8-15(7-13)11-19;/h13-16H,1-12,20H2,(H,21,23);1H. The Morgan fingerprint density at radius 1 is 1.08 bits per heavy atom. The predicted molar refractivity (Wildman–Crippen MR) is 99.2 cm³/mol. The minimum absolute atomic E-state index is 0. The molecule has 1 atom stereocenters. The monoisotopic (exact) mass is 369 g/mol. The normalized spacial score (nSPS) is 39.0. The molecule has 1 aliphatic heterocycles. The summed E-state index contributed by atoms with van der Waals surface area (Å²) in [6.07, 6.45) is 9.24. The van der Waals surface area contributed by atoms with Gasteiger partial charge in [-0.05, 0) is 69.1 Å². The van der Waals surface area contributed by atoms with Crippen LogP contribution in [-0.2, 0) is 9.59 Å². The molecular weight excluding hydrogens is 338 g/mol. The molecular formula is C19H32ClN3O2. The minimum atomic E-state index is -0.0790. The highest BCUT2D eigenvalue weighted by atomic mass is 35.5. The van der Waals surface area contributed by atoms with Crippen LogP contribution in [-0.4, -0.2) is 42.9 Å². The maximum Gasteiger partial charge on any atom is 0.228 e. The number of carbonyl (C=O) groups excluding carboxylic acids is 2. The fourth-order valence-corrected chi connectivity index (χ4v) is 6.42. The maximum absolute atomic E-state index is 13.4. The van der Waals surface area contributed by atoms with Gasteiger partial charge in [0.25, 0.3) is 0 Å². The molecule has 5 nitrogen and oxygen atoms in total. The summed E-state index contributed by atoms with van der Waals surface area (Å²) in [6, 6.07) is 0. The number of nitrogens with one attached hydrogen (secondary N) is 1. The second kappa shape index (κ2) is 7.43. The summed E-state index contributed by atoms with van der Waals surface area (Å²) < 4.78 is 0. The molecule has 5 aliphatic rings. The number of halogens is 1. The van der Waals surface area contributed by atoms with Gasteiger partial charge in [0.2, 0.25) is 11.8 Å². The largest absolute Gasteiger partial charge is 0.355 e. The van der Waals surface area contributed by atoms with Crippen molar-refractivity contribution in [2.45, 2.75) is 51.4 Å². The lowest BCUT2D eigenvalue weighted by atomic mass is 9.49. The molecule has 3 N–H and O–H groups in total. The zero-order chi connectivity index (χ0) is 16.7. The van der Waals surface area contributed by atoms with Crippen molar-refractivity contribution >= 4 is 24.2 Å². The summed E-state index contributed by atoms with van der Waals surface area (Å²) in [4.78, 5) is 27.7. The first-order valence-corrected chi connectivity index (χ1v) is 9.87. The molecule has 0 aromatic heterocycles. The first-order chi connectivity index (χ1) is 11.6. The summed E-state index contributed by atoms with van der Waals surface area (Å²) in [7, 11) is 0. The van der Waals surface area contributed by atoms with Crippen molar-refractivity contribution in [3.8, 4) is 0 Å². The van der Waals surface area contributed by atoms with E-state index in [1.54, 1.807) is 0 Å². The number of piperidine rings is 1. The third kappa shape index (κ3) is 3.55. The van der Waals surface area contributed by atoms with E-state index < -0.39 is 0 Å². The molecule has 5 rings (SSSR count). The van der Waals surface area contributed by atoms with Crippen molar-refractivity contribution < 1.29 is 9.59 Å². The molecule has 1 heterocycles. The van der Waals surface area contributed by atoms with Gasteiger partial charge in [-0.3, -0.25) is 9.59 Å². The van der Waals surface area contributed by atoms with E-state index in [1.807, 2.05) is 4.90 Å². The van der Waals surface area contributed by atoms with Crippen LogP contribution in [0.3, 0.4) is 0 Å². The van der Waals surface area contributed by atoms with Crippen LogP contribution in [0.15, 0.2) is 0 Å². The third-order valence-electron chi connectivity index (χ3n) is 7.01. The molecule has 2 amide bonds. The Bertz CT molecular complexity index is 490. The average Bonchev–Trinajstić information content (AvgIpc) is 2.58. The zero-order valence-corrected chi connectivity index (χ0v) is 15.9. The van der Waals surface area contributed by atoms with Gasteiger partial charge in [0.05, 0.1) is 11.3 Å². The molecule has 5 fully saturated rings. The highest BCUT2D eigenvalue weighted by Gasteiger charge is 2.55. The quantitative estimate of drug-likeness (QED) is 0.795. The van der Waals surface area contributed by atoms with E-state index in [0.29, 0.717) is 25.5 Å². The number of likely N-dealkylation sites (tertiary alicyclic amines) is 1. The molecule has 0 aromatic rings. The van der Waals surface area contributed by atoms with E-state index in [9.17, 15) is 9.59 Å². The van der Waals surface area contributed by atoms with Gasteiger partial charge in [0.15, 0.2) is 0 Å². The topological polar surface area (TPSA) is 75.4 Å². The lowest BCUT2D eigenvalue weighted by Gasteiger charge is -2.57. The van der Waals surface area contributed by atoms with Gasteiger partial charge in [-0.2, -0.15) is 0 Å². The number of nitrogens with zero attached hydrogens (tertiary/aromatic N) is 1. The van der Waals surface area contributed by atoms with Gasteiger partial charge < -0.3 is 16.0 Å². The number of hydrogen-bond donors (Lipinski definition) is 2. The molecule has 25 heavy (non-hydrogen) atoms. The Hall–Kier alpha value is -0.810. The lowest BCUT2D eigenvalue weighted by Crippen LogP contribution is -2.57. The number of amides is 2. The Balaban J connectivity index is 0.00000182. The maximum atomic E-state index is 13.4. The molecule has 0 spiro atoms. The Morgan fingerprint density at radius 3 is 2.24 bits per heavy atom. The Kier molecular flexibility index (Phi) is 5.64. The summed E-state index contributed by atoms with van der Waals surface area (Å²) >= 11 is 0. The van der Waals surface area contributed by atoms with Crippen molar-refractivity contribution in [1.29, 1.82) is 0 Å². The predicted octanol–water partition coefficient (Wildman–Crippen LogP) is 1.94. The van der Waals surface area contributed by atoms with E-state index >= 15 is 0 Å². The van der Waals surface area contributed by atoms with E-state index in [0.717, 1.165) is 56.4 Å². The summed E-state index contributed by atoms with van der Waals surface area (Å²) in [5, 5.41) is 2.90. The second-order valence-corrected chi connectivity index (χ2v) is 8.87. The summed E-state index contributed by atoms with van der Waals surface area (Å²) in [6.45, 7) is 2.44. The summed E-state index contributed by atoms with van der Waals surface area (Å²) in [5.41, 5.74) is 5.39. The van der Waals surface area contributed by atoms with Gasteiger partial charge in [0, 0.05) is 26.2 Å². The number of carbonyl (C=O) groups is 2. The van der Waals surface area contributed by atoms with Crippen LogP contribution < -0.4 is 11.1 Å². The van der Waals surface area contributed by atoms with Crippen LogP contribution in [0.2, 0.25) is 0 Å². The minimum Gasteiger partial charge on any atom is -0.355 e. The number of rotatable bonds is 4. The van der Waals surface area contributed by atoms with Crippen LogP contribution in [0.1, 0.15) is 51.4 Å². The van der Waals surface area contributed by atoms with Crippen LogP contribution in [0.5, 0.6) is 0 Å². The van der Waals surface area contributed by atoms with Gasteiger partial charge in [-0.15, -0.1) is 12.4 Å². The first-order valence-electron chi connectivity index (χ1n) is 9.87. The SMILES string of the molecule is Cl.NCCNC(=O)C1CCCN(C(=O)C23CC4CC(CC(C4)C2)C3)C1. The van der Waals surface area contributed by atoms with Gasteiger partial charge in [0.1, 0.15) is 0 Å². The van der Waals surface area contributed by atoms with Crippen LogP contribution >= 0.6 is 12.4 Å². The van der Waals surface area contributed by atoms with E-state index in [-0.39, 0.29) is 29.6 Å². The Morgan fingerprint density at radius 2 is 1.68 bits per heavy atom. The highest BCUT2D eigenvalue weighted by molar-refractivity contribution is 5.85. The number of hydrogen-bond acceptors (Lipinski definition) is 3. The van der Waals surface area contributed by atoms with Gasteiger partial charge in [-0.1, -0.05) is 0 Å². The van der Waals surface area contributed by atoms with E-state index in [1.165, 1.54) is 19.3 Å². The molecule has 0 aromatic carbocycles. The molecule has 4 saturated carbocycles. The smallest absolute Gasteiger partial charge is 0.228 e. The fraction of sp³-hybridized carbons (Fsp3) is 0.895. The third-order valence-corrected chi connectivity index (χ3v) is 7.01. The number of nitrogens with two attached hydrogens (primary N) is 1. The lowest BCUT2D eigenvalue weighted by molar-refractivity contribution is -0.160. The van der Waals surface area contributed by atoms with Crippen LogP contribution in [0.25, 0.3) is 0 Å². The van der Waals surface area contributed by atoms with Crippen molar-refractivity contribution in [1.82, 2.24) is 10.2 Å². The highest BCUT2D eigenvalue weighted by Crippen LogP contribution is 2.60. The molecule has 1 unspecified atom stereocenters. The average molecular weight is 370 g/mol. The molecule has 4 aliphatic carbocycles. The molecule has 142 valence electrons. The van der Waals surface area contributed by atoms with Crippen molar-refractivity contribution in [2.24, 2.45) is 34.8 Å². The van der Waals surface area contributed by atoms with Crippen LogP contribution in [0, 0.1) is 29.1 Å². The molecule has 0 radical (unpaired) electrons. The summed E-state index contributed by atoms with van der Waals surface area (Å²) in [5.74, 6) is 2.75. The second-order valence-electron chi connectivity index (χ2n) is 8.87. The molecule has 1 saturated heterocycles. The fourth-order valence-electron chi connectivity index (χ4n) is 6.42. The van der Waals surface area contributed by atoms with Crippen molar-refractivity contribution in [3.63, 3.8) is 0 Å². The van der Waals surface area contributed by atoms with Crippen molar-refractivity contribution in [3.05, 3.63) is 0 Å². The molecule has 6 heteroatoms. The van der Waals surface area contributed by atoms with Gasteiger partial charge >= 0.3 is 0 Å².